The number of rotatable bonds is 7. The summed E-state index contributed by atoms with van der Waals surface area (Å²) in [4.78, 5) is 13.2. The summed E-state index contributed by atoms with van der Waals surface area (Å²) in [6.07, 6.45) is 6.62. The molecule has 216 valence electrons. The molecule has 1 aromatic carbocycles. The molecule has 5 rings (SSSR count). The second kappa shape index (κ2) is 10.7. The maximum absolute atomic E-state index is 13.2. The fraction of sp³-hybridized carbons (Fsp3) is 0.710. The van der Waals surface area contributed by atoms with Crippen molar-refractivity contribution in [2.75, 3.05) is 6.61 Å². The maximum Gasteiger partial charge on any atom is 0.397 e. The lowest BCUT2D eigenvalue weighted by Crippen LogP contribution is -2.62. The van der Waals surface area contributed by atoms with Gasteiger partial charge in [0.25, 0.3) is 0 Å². The van der Waals surface area contributed by atoms with Gasteiger partial charge in [0.15, 0.2) is 5.78 Å². The highest BCUT2D eigenvalue weighted by atomic mass is 32.3. The molecule has 0 radical (unpaired) electrons. The fourth-order valence-corrected chi connectivity index (χ4v) is 9.89. The van der Waals surface area contributed by atoms with E-state index in [1.807, 2.05) is 36.4 Å². The number of ketones is 1. The number of allylic oxidation sites excluding steroid dienone is 1. The number of hydrogen-bond donors (Lipinski definition) is 3. The Morgan fingerprint density at radius 1 is 1.10 bits per heavy atom. The van der Waals surface area contributed by atoms with Crippen molar-refractivity contribution in [1.82, 2.24) is 0 Å². The van der Waals surface area contributed by atoms with E-state index in [2.05, 4.69) is 25.0 Å². The molecule has 10 atom stereocenters. The van der Waals surface area contributed by atoms with Gasteiger partial charge in [-0.3, -0.25) is 9.35 Å². The number of aliphatic hydroxyl groups is 2. The molecule has 0 spiro atoms. The van der Waals surface area contributed by atoms with Gasteiger partial charge >= 0.3 is 10.4 Å². The third-order valence-electron chi connectivity index (χ3n) is 11.5. The van der Waals surface area contributed by atoms with Crippen molar-refractivity contribution in [3.63, 3.8) is 0 Å². The first kappa shape index (κ1) is 28.9. The summed E-state index contributed by atoms with van der Waals surface area (Å²) in [5.41, 5.74) is 1.41. The van der Waals surface area contributed by atoms with Gasteiger partial charge in [-0.1, -0.05) is 51.1 Å². The molecular weight excluding hydrogens is 516 g/mol. The summed E-state index contributed by atoms with van der Waals surface area (Å²) >= 11 is 0. The number of carbonyl (C=O) groups is 1. The summed E-state index contributed by atoms with van der Waals surface area (Å²) in [5, 5.41) is 23.4. The topological polar surface area (TPSA) is 121 Å². The van der Waals surface area contributed by atoms with Crippen LogP contribution in [0.25, 0.3) is 6.08 Å². The molecule has 0 heterocycles. The molecular formula is C31H44O7S. The van der Waals surface area contributed by atoms with E-state index in [4.69, 9.17) is 4.55 Å². The molecule has 4 aliphatic rings. The number of hydrogen-bond acceptors (Lipinski definition) is 6. The number of carbonyl (C=O) groups excluding carboxylic acids is 1. The van der Waals surface area contributed by atoms with Gasteiger partial charge in [0.1, 0.15) is 0 Å². The summed E-state index contributed by atoms with van der Waals surface area (Å²) in [7, 11) is -4.43. The molecule has 3 N–H and O–H groups in total. The highest BCUT2D eigenvalue weighted by Crippen LogP contribution is 2.68. The van der Waals surface area contributed by atoms with Crippen LogP contribution in [0, 0.1) is 46.3 Å². The molecule has 0 bridgehead atoms. The van der Waals surface area contributed by atoms with Crippen LogP contribution in [-0.4, -0.2) is 47.8 Å². The van der Waals surface area contributed by atoms with E-state index in [0.29, 0.717) is 32.1 Å². The number of Topliss-reactive ketones (excluding diaryl/α,β-unsaturated/α-hetero) is 1. The molecule has 0 saturated heterocycles. The van der Waals surface area contributed by atoms with E-state index in [9.17, 15) is 23.4 Å². The Labute approximate surface area is 233 Å². The third-order valence-corrected chi connectivity index (χ3v) is 12.0. The van der Waals surface area contributed by atoms with Crippen molar-refractivity contribution in [1.29, 1.82) is 0 Å². The summed E-state index contributed by atoms with van der Waals surface area (Å²) in [6.45, 7) is 6.60. The lowest BCUT2D eigenvalue weighted by Gasteiger charge is -2.63. The summed E-state index contributed by atoms with van der Waals surface area (Å²) in [6, 6.07) is 9.97. The second-order valence-electron chi connectivity index (χ2n) is 13.4. The predicted molar refractivity (Wildman–Crippen MR) is 149 cm³/mol. The lowest BCUT2D eigenvalue weighted by molar-refractivity contribution is -0.197. The molecule has 7 nitrogen and oxygen atoms in total. The average molecular weight is 561 g/mol. The van der Waals surface area contributed by atoms with Gasteiger partial charge in [-0.2, -0.15) is 8.42 Å². The smallest absolute Gasteiger partial charge is 0.393 e. The van der Waals surface area contributed by atoms with E-state index in [0.717, 1.165) is 30.4 Å². The van der Waals surface area contributed by atoms with Gasteiger partial charge in [0.2, 0.25) is 0 Å². The molecule has 0 aromatic heterocycles. The standard InChI is InChI=1S/C31H44O7S/c1-19(8-7-13-38-39(35,36)37)23-11-12-24-29-25(17-28(34)31(23,24)3)30(2)18-21(14-20-9-5-4-6-10-20)26(32)15-22(30)16-27(29)33/h4-6,9-10,14,19,22-25,27-29,33-34H,7-8,11-13,15-18H2,1-3H3,(H,35,36,37)/b21-14-/t19-,22-,23-,24+,25+,27-,28+,29+,30+,31-/m1/s1. The highest BCUT2D eigenvalue weighted by Gasteiger charge is 2.66. The molecule has 1 aromatic rings. The number of aliphatic hydroxyl groups excluding tert-OH is 2. The SMILES string of the molecule is C[C@H](CCCOS(=O)(=O)O)[C@H]1CC[C@H]2[C@@H]3[C@H](O)C[C@H]4CC(=O)/C(=C\c5ccccc5)C[C@]4(C)[C@H]3C[C@H](O)[C@]12C. The normalized spacial score (nSPS) is 42.1. The van der Waals surface area contributed by atoms with Crippen molar-refractivity contribution in [2.24, 2.45) is 46.3 Å². The first-order valence-electron chi connectivity index (χ1n) is 14.6. The molecule has 0 amide bonds. The fourth-order valence-electron chi connectivity index (χ4n) is 9.56. The van der Waals surface area contributed by atoms with Crippen LogP contribution >= 0.6 is 0 Å². The Balaban J connectivity index is 1.37. The van der Waals surface area contributed by atoms with E-state index < -0.39 is 22.6 Å². The van der Waals surface area contributed by atoms with Crippen LogP contribution in [0.15, 0.2) is 35.9 Å². The lowest BCUT2D eigenvalue weighted by atomic mass is 9.42. The molecule has 0 unspecified atom stereocenters. The Bertz CT molecular complexity index is 1200. The van der Waals surface area contributed by atoms with E-state index in [-0.39, 0.29) is 58.7 Å². The largest absolute Gasteiger partial charge is 0.397 e. The average Bonchev–Trinajstić information content (AvgIpc) is 3.23. The second-order valence-corrected chi connectivity index (χ2v) is 14.4. The van der Waals surface area contributed by atoms with Crippen molar-refractivity contribution in [3.8, 4) is 0 Å². The van der Waals surface area contributed by atoms with Crippen LogP contribution in [0.1, 0.15) is 77.7 Å². The summed E-state index contributed by atoms with van der Waals surface area (Å²) < 4.78 is 35.1. The molecule has 0 aliphatic heterocycles. The first-order valence-corrected chi connectivity index (χ1v) is 16.0. The minimum atomic E-state index is -4.43. The molecule has 4 fully saturated rings. The minimum absolute atomic E-state index is 0.0563. The first-order chi connectivity index (χ1) is 18.3. The van der Waals surface area contributed by atoms with Gasteiger partial charge < -0.3 is 10.2 Å². The highest BCUT2D eigenvalue weighted by molar-refractivity contribution is 7.80. The Hall–Kier alpha value is -1.58. The van der Waals surface area contributed by atoms with Crippen LogP contribution in [0.4, 0.5) is 0 Å². The van der Waals surface area contributed by atoms with Gasteiger partial charge in [0.05, 0.1) is 18.8 Å². The third kappa shape index (κ3) is 5.28. The van der Waals surface area contributed by atoms with Crippen LogP contribution in [0.5, 0.6) is 0 Å². The van der Waals surface area contributed by atoms with E-state index in [1.54, 1.807) is 0 Å². The Morgan fingerprint density at radius 2 is 1.82 bits per heavy atom. The zero-order valence-electron chi connectivity index (χ0n) is 23.3. The quantitative estimate of drug-likeness (QED) is 0.241. The summed E-state index contributed by atoms with van der Waals surface area (Å²) in [5.74, 6) is 1.22. The van der Waals surface area contributed by atoms with Crippen molar-refractivity contribution >= 4 is 22.3 Å². The predicted octanol–water partition coefficient (Wildman–Crippen LogP) is 5.09. The Morgan fingerprint density at radius 3 is 2.51 bits per heavy atom. The van der Waals surface area contributed by atoms with E-state index >= 15 is 0 Å². The van der Waals surface area contributed by atoms with Crippen LogP contribution in [-0.2, 0) is 19.4 Å². The molecule has 4 saturated carbocycles. The van der Waals surface area contributed by atoms with Gasteiger partial charge in [-0.25, -0.2) is 4.18 Å². The Kier molecular flexibility index (Phi) is 7.92. The van der Waals surface area contributed by atoms with Crippen molar-refractivity contribution < 1.29 is 32.2 Å². The van der Waals surface area contributed by atoms with Crippen molar-refractivity contribution in [2.45, 2.75) is 84.3 Å². The van der Waals surface area contributed by atoms with Crippen LogP contribution in [0.3, 0.4) is 0 Å². The van der Waals surface area contributed by atoms with Crippen LogP contribution < -0.4 is 0 Å². The van der Waals surface area contributed by atoms with E-state index in [1.165, 1.54) is 0 Å². The zero-order chi connectivity index (χ0) is 28.2. The number of fused-ring (bicyclic) bond motifs is 5. The van der Waals surface area contributed by atoms with Crippen molar-refractivity contribution in [3.05, 3.63) is 41.5 Å². The number of benzene rings is 1. The van der Waals surface area contributed by atoms with Crippen LogP contribution in [0.2, 0.25) is 0 Å². The van der Waals surface area contributed by atoms with Gasteiger partial charge in [0, 0.05) is 6.42 Å². The zero-order valence-corrected chi connectivity index (χ0v) is 24.1. The minimum Gasteiger partial charge on any atom is -0.393 e. The van der Waals surface area contributed by atoms with Gasteiger partial charge in [-0.15, -0.1) is 0 Å². The monoisotopic (exact) mass is 560 g/mol. The molecule has 4 aliphatic carbocycles. The maximum atomic E-state index is 13.2. The molecule has 8 heteroatoms. The molecule has 39 heavy (non-hydrogen) atoms. The van der Waals surface area contributed by atoms with Gasteiger partial charge in [-0.05, 0) is 108 Å².